The van der Waals surface area contributed by atoms with E-state index in [0.717, 1.165) is 18.2 Å². The van der Waals surface area contributed by atoms with E-state index >= 15 is 0 Å². The molecule has 158 valence electrons. The van der Waals surface area contributed by atoms with Crippen LogP contribution in [0.5, 0.6) is 5.75 Å². The monoisotopic (exact) mass is 421 g/mol. The van der Waals surface area contributed by atoms with Crippen molar-refractivity contribution in [3.63, 3.8) is 0 Å². The van der Waals surface area contributed by atoms with Crippen molar-refractivity contribution >= 4 is 29.4 Å². The minimum Gasteiger partial charge on any atom is -0.449 e. The first-order valence-corrected chi connectivity index (χ1v) is 8.70. The number of amides is 1. The van der Waals surface area contributed by atoms with Crippen molar-refractivity contribution < 1.29 is 37.0 Å². The second-order valence-corrected chi connectivity index (χ2v) is 6.15. The molecular weight excluding hydrogens is 403 g/mol. The van der Waals surface area contributed by atoms with Crippen LogP contribution >= 0.6 is 0 Å². The Balaban J connectivity index is 1.87. The summed E-state index contributed by atoms with van der Waals surface area (Å²) in [6, 6.07) is 11.1. The second-order valence-electron chi connectivity index (χ2n) is 6.15. The highest BCUT2D eigenvalue weighted by atomic mass is 19.4. The van der Waals surface area contributed by atoms with Gasteiger partial charge < -0.3 is 14.8 Å². The summed E-state index contributed by atoms with van der Waals surface area (Å²) in [4.78, 5) is 35.2. The number of alkyl halides is 3. The van der Waals surface area contributed by atoms with Crippen molar-refractivity contribution in [3.8, 4) is 5.75 Å². The minimum absolute atomic E-state index is 0.107. The number of Topliss-reactive ketones (excluding diaryl/α,β-unsaturated/α-hetero) is 1. The molecule has 0 saturated carbocycles. The lowest BCUT2D eigenvalue weighted by Gasteiger charge is -2.12. The largest absolute Gasteiger partial charge is 0.573 e. The Morgan fingerprint density at radius 1 is 1.00 bits per heavy atom. The van der Waals surface area contributed by atoms with Crippen molar-refractivity contribution in [1.82, 2.24) is 0 Å². The van der Waals surface area contributed by atoms with Crippen LogP contribution in [0.2, 0.25) is 0 Å². The minimum atomic E-state index is -4.78. The van der Waals surface area contributed by atoms with E-state index in [1.54, 1.807) is 24.3 Å². The van der Waals surface area contributed by atoms with Crippen LogP contribution in [0.3, 0.4) is 0 Å². The molecule has 6 nitrogen and oxygen atoms in total. The molecular formula is C21H18F3NO5. The number of anilines is 1. The third kappa shape index (κ3) is 7.42. The summed E-state index contributed by atoms with van der Waals surface area (Å²) in [5.41, 5.74) is 1.37. The topological polar surface area (TPSA) is 81.7 Å². The van der Waals surface area contributed by atoms with Crippen LogP contribution in [-0.2, 0) is 14.3 Å². The van der Waals surface area contributed by atoms with E-state index < -0.39 is 24.3 Å². The normalized spacial score (nSPS) is 12.3. The Labute approximate surface area is 170 Å². The molecule has 0 aliphatic rings. The molecule has 0 aliphatic carbocycles. The summed E-state index contributed by atoms with van der Waals surface area (Å²) in [6.07, 6.45) is -3.51. The number of ketones is 1. The molecule has 0 heterocycles. The van der Waals surface area contributed by atoms with Gasteiger partial charge in [-0.1, -0.05) is 12.1 Å². The maximum absolute atomic E-state index is 12.1. The van der Waals surface area contributed by atoms with Crippen LogP contribution in [0.4, 0.5) is 18.9 Å². The van der Waals surface area contributed by atoms with Crippen LogP contribution in [-0.4, -0.2) is 30.1 Å². The van der Waals surface area contributed by atoms with E-state index in [-0.39, 0.29) is 11.5 Å². The standard InChI is InChI=1S/C21H18F3NO5/c1-13(26)16-6-8-17(9-7-16)25-20(28)14(2)29-19(27)12-5-15-3-10-18(11-4-15)30-21(22,23)24/h3-12,14H,1-2H3,(H,25,28)/b12-5+. The SMILES string of the molecule is CC(=O)c1ccc(NC(=O)C(C)OC(=O)/C=C/c2ccc(OC(F)(F)F)cc2)cc1. The number of benzene rings is 2. The number of esters is 1. The van der Waals surface area contributed by atoms with Gasteiger partial charge in [0, 0.05) is 17.3 Å². The van der Waals surface area contributed by atoms with Gasteiger partial charge >= 0.3 is 12.3 Å². The zero-order valence-corrected chi connectivity index (χ0v) is 16.0. The van der Waals surface area contributed by atoms with Crippen LogP contribution in [0, 0.1) is 0 Å². The highest BCUT2D eigenvalue weighted by Gasteiger charge is 2.30. The average Bonchev–Trinajstić information content (AvgIpc) is 2.66. The molecule has 2 rings (SSSR count). The number of carbonyl (C=O) groups is 3. The number of hydrogen-bond acceptors (Lipinski definition) is 5. The lowest BCUT2D eigenvalue weighted by atomic mass is 10.1. The zero-order chi connectivity index (χ0) is 22.3. The number of halogens is 3. The van der Waals surface area contributed by atoms with Crippen molar-refractivity contribution in [1.29, 1.82) is 0 Å². The molecule has 0 aliphatic heterocycles. The lowest BCUT2D eigenvalue weighted by molar-refractivity contribution is -0.274. The molecule has 1 atom stereocenters. The third-order valence-electron chi connectivity index (χ3n) is 3.75. The molecule has 2 aromatic rings. The number of carbonyl (C=O) groups excluding carboxylic acids is 3. The highest BCUT2D eigenvalue weighted by Crippen LogP contribution is 2.23. The predicted octanol–water partition coefficient (Wildman–Crippen LogP) is 4.37. The number of nitrogens with one attached hydrogen (secondary N) is 1. The molecule has 0 saturated heterocycles. The average molecular weight is 421 g/mol. The number of rotatable bonds is 7. The summed E-state index contributed by atoms with van der Waals surface area (Å²) < 4.78 is 45.1. The van der Waals surface area contributed by atoms with E-state index in [0.29, 0.717) is 16.8 Å². The fourth-order valence-electron chi connectivity index (χ4n) is 2.24. The molecule has 1 unspecified atom stereocenters. The summed E-state index contributed by atoms with van der Waals surface area (Å²) in [5.74, 6) is -1.87. The molecule has 1 N–H and O–H groups in total. The molecule has 1 amide bonds. The molecule has 9 heteroatoms. The lowest BCUT2D eigenvalue weighted by Crippen LogP contribution is -2.29. The maximum atomic E-state index is 12.1. The van der Waals surface area contributed by atoms with Gasteiger partial charge in [-0.05, 0) is 61.9 Å². The molecule has 0 aromatic heterocycles. The Morgan fingerprint density at radius 3 is 2.13 bits per heavy atom. The van der Waals surface area contributed by atoms with Crippen LogP contribution in [0.25, 0.3) is 6.08 Å². The van der Waals surface area contributed by atoms with Crippen LogP contribution in [0.1, 0.15) is 29.8 Å². The zero-order valence-electron chi connectivity index (χ0n) is 16.0. The Bertz CT molecular complexity index is 935. The summed E-state index contributed by atoms with van der Waals surface area (Å²) in [7, 11) is 0. The maximum Gasteiger partial charge on any atom is 0.573 e. The van der Waals surface area contributed by atoms with Crippen molar-refractivity contribution in [2.24, 2.45) is 0 Å². The van der Waals surface area contributed by atoms with Gasteiger partial charge in [0.2, 0.25) is 0 Å². The molecule has 0 bridgehead atoms. The van der Waals surface area contributed by atoms with E-state index in [1.807, 2.05) is 0 Å². The first-order valence-electron chi connectivity index (χ1n) is 8.70. The fraction of sp³-hybridized carbons (Fsp3) is 0.190. The van der Waals surface area contributed by atoms with Gasteiger partial charge in [0.15, 0.2) is 11.9 Å². The number of hydrogen-bond donors (Lipinski definition) is 1. The third-order valence-corrected chi connectivity index (χ3v) is 3.75. The van der Waals surface area contributed by atoms with Gasteiger partial charge in [-0.2, -0.15) is 0 Å². The van der Waals surface area contributed by atoms with Crippen LogP contribution in [0.15, 0.2) is 54.6 Å². The first-order chi connectivity index (χ1) is 14.0. The second kappa shape index (κ2) is 9.73. The van der Waals surface area contributed by atoms with E-state index in [2.05, 4.69) is 10.1 Å². The van der Waals surface area contributed by atoms with Gasteiger partial charge in [0.25, 0.3) is 5.91 Å². The smallest absolute Gasteiger partial charge is 0.449 e. The quantitative estimate of drug-likeness (QED) is 0.408. The van der Waals surface area contributed by atoms with Crippen LogP contribution < -0.4 is 10.1 Å². The van der Waals surface area contributed by atoms with Crippen molar-refractivity contribution in [3.05, 3.63) is 65.7 Å². The van der Waals surface area contributed by atoms with Gasteiger partial charge in [-0.3, -0.25) is 9.59 Å². The van der Waals surface area contributed by atoms with Gasteiger partial charge in [-0.15, -0.1) is 13.2 Å². The number of ether oxygens (including phenoxy) is 2. The van der Waals surface area contributed by atoms with E-state index in [9.17, 15) is 27.6 Å². The molecule has 2 aromatic carbocycles. The summed E-state index contributed by atoms with van der Waals surface area (Å²) in [5, 5.41) is 2.55. The van der Waals surface area contributed by atoms with Crippen molar-refractivity contribution in [2.75, 3.05) is 5.32 Å². The molecule has 0 radical (unpaired) electrons. The predicted molar refractivity (Wildman–Crippen MR) is 103 cm³/mol. The van der Waals surface area contributed by atoms with Gasteiger partial charge in [-0.25, -0.2) is 4.79 Å². The molecule has 0 spiro atoms. The molecule has 30 heavy (non-hydrogen) atoms. The summed E-state index contributed by atoms with van der Waals surface area (Å²) >= 11 is 0. The Morgan fingerprint density at radius 2 is 1.60 bits per heavy atom. The Hall–Kier alpha value is -3.62. The van der Waals surface area contributed by atoms with Crippen molar-refractivity contribution in [2.45, 2.75) is 26.3 Å². The Kier molecular flexibility index (Phi) is 7.35. The highest BCUT2D eigenvalue weighted by molar-refractivity contribution is 5.98. The summed E-state index contributed by atoms with van der Waals surface area (Å²) in [6.45, 7) is 2.81. The van der Waals surface area contributed by atoms with Gasteiger partial charge in [0.1, 0.15) is 5.75 Å². The fourth-order valence-corrected chi connectivity index (χ4v) is 2.24. The van der Waals surface area contributed by atoms with E-state index in [4.69, 9.17) is 4.74 Å². The van der Waals surface area contributed by atoms with Gasteiger partial charge in [0.05, 0.1) is 0 Å². The molecule has 0 fully saturated rings. The van der Waals surface area contributed by atoms with E-state index in [1.165, 1.54) is 32.1 Å². The first kappa shape index (κ1) is 22.7.